The lowest BCUT2D eigenvalue weighted by Gasteiger charge is -2.13. The van der Waals surface area contributed by atoms with Crippen LogP contribution in [0.5, 0.6) is 0 Å². The second-order valence-electron chi connectivity index (χ2n) is 3.63. The number of rotatable bonds is 3. The van der Waals surface area contributed by atoms with E-state index in [1.165, 1.54) is 12.1 Å². The van der Waals surface area contributed by atoms with Gasteiger partial charge in [0.05, 0.1) is 5.56 Å². The molecule has 1 rings (SSSR count). The van der Waals surface area contributed by atoms with Crippen molar-refractivity contribution in [3.63, 3.8) is 0 Å². The summed E-state index contributed by atoms with van der Waals surface area (Å²) in [4.78, 5) is 10.7. The Bertz CT molecular complexity index is 390. The van der Waals surface area contributed by atoms with E-state index < -0.39 is 11.8 Å². The maximum absolute atomic E-state index is 13.2. The van der Waals surface area contributed by atoms with E-state index >= 15 is 0 Å². The molecule has 3 nitrogen and oxygen atoms in total. The highest BCUT2D eigenvalue weighted by Crippen LogP contribution is 2.22. The predicted molar refractivity (Wildman–Crippen MR) is 55.6 cm³/mol. The summed E-state index contributed by atoms with van der Waals surface area (Å²) in [7, 11) is 0. The van der Waals surface area contributed by atoms with Gasteiger partial charge in [-0.05, 0) is 42.6 Å². The molecule has 82 valence electrons. The summed E-state index contributed by atoms with van der Waals surface area (Å²) in [5.74, 6) is -1.92. The van der Waals surface area contributed by atoms with Crippen LogP contribution in [0, 0.1) is 12.7 Å². The molecule has 4 heteroatoms. The van der Waals surface area contributed by atoms with Crippen LogP contribution in [0.1, 0.15) is 34.3 Å². The number of carboxylic acid groups (broad SMARTS) is 1. The fourth-order valence-corrected chi connectivity index (χ4v) is 1.51. The molecular weight excluding hydrogens is 197 g/mol. The average Bonchev–Trinajstić information content (AvgIpc) is 2.16. The first kappa shape index (κ1) is 11.7. The summed E-state index contributed by atoms with van der Waals surface area (Å²) in [5.41, 5.74) is 6.72. The maximum atomic E-state index is 13.2. The lowest BCUT2D eigenvalue weighted by Crippen LogP contribution is -2.12. The molecule has 0 heterocycles. The van der Waals surface area contributed by atoms with Crippen molar-refractivity contribution in [3.05, 3.63) is 34.6 Å². The molecule has 1 atom stereocenters. The van der Waals surface area contributed by atoms with Crippen molar-refractivity contribution in [1.29, 1.82) is 0 Å². The molecule has 0 saturated carbocycles. The van der Waals surface area contributed by atoms with Crippen molar-refractivity contribution in [2.45, 2.75) is 19.8 Å². The first-order chi connectivity index (χ1) is 6.97. The first-order valence-electron chi connectivity index (χ1n) is 4.70. The summed E-state index contributed by atoms with van der Waals surface area (Å²) >= 11 is 0. The Morgan fingerprint density at radius 1 is 1.60 bits per heavy atom. The summed E-state index contributed by atoms with van der Waals surface area (Å²) < 4.78 is 13.2. The Kier molecular flexibility index (Phi) is 3.42. The third-order valence-corrected chi connectivity index (χ3v) is 2.47. The monoisotopic (exact) mass is 211 g/mol. The van der Waals surface area contributed by atoms with Crippen molar-refractivity contribution in [2.24, 2.45) is 5.73 Å². The number of benzene rings is 1. The number of carbonyl (C=O) groups is 1. The van der Waals surface area contributed by atoms with E-state index in [1.54, 1.807) is 6.92 Å². The molecule has 0 aliphatic carbocycles. The van der Waals surface area contributed by atoms with E-state index in [-0.39, 0.29) is 11.5 Å². The fraction of sp³-hybridized carbons (Fsp3) is 0.364. The van der Waals surface area contributed by atoms with Crippen molar-refractivity contribution in [1.82, 2.24) is 0 Å². The molecule has 0 bridgehead atoms. The molecule has 0 aromatic heterocycles. The zero-order valence-electron chi connectivity index (χ0n) is 8.75. The minimum Gasteiger partial charge on any atom is -0.478 e. The van der Waals surface area contributed by atoms with Crippen LogP contribution in [-0.2, 0) is 0 Å². The molecule has 1 unspecified atom stereocenters. The fourth-order valence-electron chi connectivity index (χ4n) is 1.51. The van der Waals surface area contributed by atoms with Gasteiger partial charge < -0.3 is 10.8 Å². The van der Waals surface area contributed by atoms with Gasteiger partial charge in [0, 0.05) is 0 Å². The second kappa shape index (κ2) is 4.40. The van der Waals surface area contributed by atoms with E-state index in [0.29, 0.717) is 6.54 Å². The smallest absolute Gasteiger partial charge is 0.338 e. The third kappa shape index (κ3) is 2.33. The number of aryl methyl sites for hydroxylation is 1. The van der Waals surface area contributed by atoms with Crippen LogP contribution in [0.15, 0.2) is 12.1 Å². The van der Waals surface area contributed by atoms with Crippen molar-refractivity contribution in [2.75, 3.05) is 6.54 Å². The van der Waals surface area contributed by atoms with Gasteiger partial charge in [-0.2, -0.15) is 0 Å². The zero-order chi connectivity index (χ0) is 11.6. The van der Waals surface area contributed by atoms with Crippen LogP contribution < -0.4 is 5.73 Å². The van der Waals surface area contributed by atoms with Crippen LogP contribution in [0.25, 0.3) is 0 Å². The first-order valence-corrected chi connectivity index (χ1v) is 4.70. The molecule has 0 aliphatic heterocycles. The van der Waals surface area contributed by atoms with Gasteiger partial charge in [-0.3, -0.25) is 0 Å². The largest absolute Gasteiger partial charge is 0.478 e. The molecule has 0 radical (unpaired) electrons. The molecule has 1 aromatic carbocycles. The maximum Gasteiger partial charge on any atom is 0.338 e. The highest BCUT2D eigenvalue weighted by atomic mass is 19.1. The Morgan fingerprint density at radius 2 is 2.20 bits per heavy atom. The van der Waals surface area contributed by atoms with Crippen molar-refractivity contribution < 1.29 is 14.3 Å². The van der Waals surface area contributed by atoms with E-state index in [1.807, 2.05) is 6.92 Å². The van der Waals surface area contributed by atoms with Gasteiger partial charge in [0.1, 0.15) is 5.82 Å². The summed E-state index contributed by atoms with van der Waals surface area (Å²) in [6.07, 6.45) is 0. The Labute approximate surface area is 87.7 Å². The van der Waals surface area contributed by atoms with Crippen LogP contribution in [0.4, 0.5) is 4.39 Å². The Morgan fingerprint density at radius 3 is 2.67 bits per heavy atom. The van der Waals surface area contributed by atoms with E-state index in [9.17, 15) is 9.18 Å². The van der Waals surface area contributed by atoms with Gasteiger partial charge in [-0.15, -0.1) is 0 Å². The third-order valence-electron chi connectivity index (χ3n) is 2.47. The van der Waals surface area contributed by atoms with Gasteiger partial charge in [-0.25, -0.2) is 9.18 Å². The molecule has 1 aromatic rings. The SMILES string of the molecule is Cc1cc(F)c(C(=O)O)cc1C(C)CN. The highest BCUT2D eigenvalue weighted by molar-refractivity contribution is 5.88. The minimum absolute atomic E-state index is 0.0312. The Hall–Kier alpha value is -1.42. The molecule has 0 spiro atoms. The lowest BCUT2D eigenvalue weighted by atomic mass is 9.94. The quantitative estimate of drug-likeness (QED) is 0.802. The lowest BCUT2D eigenvalue weighted by molar-refractivity contribution is 0.0691. The van der Waals surface area contributed by atoms with Crippen LogP contribution >= 0.6 is 0 Å². The molecule has 15 heavy (non-hydrogen) atoms. The number of halogens is 1. The van der Waals surface area contributed by atoms with Crippen LogP contribution in [0.3, 0.4) is 0 Å². The van der Waals surface area contributed by atoms with E-state index in [2.05, 4.69) is 0 Å². The second-order valence-corrected chi connectivity index (χ2v) is 3.63. The van der Waals surface area contributed by atoms with Gasteiger partial charge in [0.25, 0.3) is 0 Å². The van der Waals surface area contributed by atoms with Crippen LogP contribution in [-0.4, -0.2) is 17.6 Å². The molecular formula is C11H14FNO2. The van der Waals surface area contributed by atoms with Crippen LogP contribution in [0.2, 0.25) is 0 Å². The van der Waals surface area contributed by atoms with Crippen molar-refractivity contribution >= 4 is 5.97 Å². The van der Waals surface area contributed by atoms with E-state index in [0.717, 1.165) is 11.1 Å². The molecule has 3 N–H and O–H groups in total. The number of hydrogen-bond acceptors (Lipinski definition) is 2. The standard InChI is InChI=1S/C11H14FNO2/c1-6-3-10(12)9(11(14)15)4-8(6)7(2)5-13/h3-4,7H,5,13H2,1-2H3,(H,14,15). The molecule has 0 saturated heterocycles. The van der Waals surface area contributed by atoms with E-state index in [4.69, 9.17) is 10.8 Å². The normalized spacial score (nSPS) is 12.5. The summed E-state index contributed by atoms with van der Waals surface area (Å²) in [6.45, 7) is 4.04. The number of hydrogen-bond donors (Lipinski definition) is 2. The highest BCUT2D eigenvalue weighted by Gasteiger charge is 2.15. The van der Waals surface area contributed by atoms with Gasteiger partial charge in [-0.1, -0.05) is 6.92 Å². The molecule has 0 fully saturated rings. The topological polar surface area (TPSA) is 63.3 Å². The molecule has 0 amide bonds. The predicted octanol–water partition coefficient (Wildman–Crippen LogP) is 1.89. The number of nitrogens with two attached hydrogens (primary N) is 1. The summed E-state index contributed by atoms with van der Waals surface area (Å²) in [5, 5.41) is 8.76. The van der Waals surface area contributed by atoms with Gasteiger partial charge in [0.2, 0.25) is 0 Å². The zero-order valence-corrected chi connectivity index (χ0v) is 8.75. The summed E-state index contributed by atoms with van der Waals surface area (Å²) in [6, 6.07) is 2.61. The number of carboxylic acids is 1. The molecule has 0 aliphatic rings. The average molecular weight is 211 g/mol. The van der Waals surface area contributed by atoms with Gasteiger partial charge >= 0.3 is 5.97 Å². The van der Waals surface area contributed by atoms with Crippen molar-refractivity contribution in [3.8, 4) is 0 Å². The Balaban J connectivity index is 3.29. The van der Waals surface area contributed by atoms with Gasteiger partial charge in [0.15, 0.2) is 0 Å². The number of aromatic carboxylic acids is 1. The minimum atomic E-state index is -1.25.